The van der Waals surface area contributed by atoms with Crippen molar-refractivity contribution >= 4 is 17.3 Å². The Labute approximate surface area is 126 Å². The van der Waals surface area contributed by atoms with Crippen molar-refractivity contribution in [2.24, 2.45) is 0 Å². The lowest BCUT2D eigenvalue weighted by molar-refractivity contribution is -0.137. The predicted molar refractivity (Wildman–Crippen MR) is 80.2 cm³/mol. The van der Waals surface area contributed by atoms with Crippen LogP contribution in [-0.2, 0) is 6.18 Å². The molecule has 0 amide bonds. The third kappa shape index (κ3) is 4.61. The van der Waals surface area contributed by atoms with Crippen LogP contribution in [0, 0.1) is 0 Å². The number of benzene rings is 1. The van der Waals surface area contributed by atoms with Gasteiger partial charge >= 0.3 is 6.18 Å². The Morgan fingerprint density at radius 3 is 2.36 bits per heavy atom. The van der Waals surface area contributed by atoms with Crippen molar-refractivity contribution in [2.45, 2.75) is 25.9 Å². The van der Waals surface area contributed by atoms with Gasteiger partial charge in [0.1, 0.15) is 18.0 Å². The van der Waals surface area contributed by atoms with E-state index in [1.165, 1.54) is 18.5 Å². The molecule has 0 spiro atoms. The third-order valence-corrected chi connectivity index (χ3v) is 2.99. The van der Waals surface area contributed by atoms with Gasteiger partial charge < -0.3 is 10.6 Å². The maximum atomic E-state index is 12.5. The Morgan fingerprint density at radius 2 is 1.73 bits per heavy atom. The fourth-order valence-corrected chi connectivity index (χ4v) is 1.81. The van der Waals surface area contributed by atoms with E-state index < -0.39 is 11.7 Å². The van der Waals surface area contributed by atoms with Crippen LogP contribution < -0.4 is 10.6 Å². The summed E-state index contributed by atoms with van der Waals surface area (Å²) in [6, 6.07) is 6.52. The Bertz CT molecular complexity index is 596. The van der Waals surface area contributed by atoms with Gasteiger partial charge in [-0.3, -0.25) is 0 Å². The number of nitrogens with zero attached hydrogens (tertiary/aromatic N) is 2. The Balaban J connectivity index is 2.02. The fourth-order valence-electron chi connectivity index (χ4n) is 1.81. The number of nitrogens with one attached hydrogen (secondary N) is 2. The van der Waals surface area contributed by atoms with Gasteiger partial charge in [-0.25, -0.2) is 9.97 Å². The molecule has 0 aliphatic heterocycles. The molecule has 0 atom stereocenters. The van der Waals surface area contributed by atoms with Crippen LogP contribution in [0.1, 0.15) is 25.3 Å². The van der Waals surface area contributed by atoms with Gasteiger partial charge in [0.2, 0.25) is 0 Å². The van der Waals surface area contributed by atoms with E-state index in [9.17, 15) is 13.2 Å². The molecule has 0 bridgehead atoms. The molecule has 118 valence electrons. The van der Waals surface area contributed by atoms with Gasteiger partial charge in [0.05, 0.1) is 5.56 Å². The van der Waals surface area contributed by atoms with E-state index in [4.69, 9.17) is 0 Å². The van der Waals surface area contributed by atoms with Crippen molar-refractivity contribution in [3.05, 3.63) is 42.2 Å². The zero-order valence-electron chi connectivity index (χ0n) is 12.1. The number of aromatic nitrogens is 2. The number of unbranched alkanes of at least 4 members (excludes halogenated alkanes) is 1. The first-order valence-corrected chi connectivity index (χ1v) is 6.99. The third-order valence-electron chi connectivity index (χ3n) is 2.99. The lowest BCUT2D eigenvalue weighted by atomic mass is 10.2. The number of halogens is 3. The van der Waals surface area contributed by atoms with Crippen LogP contribution in [0.4, 0.5) is 30.5 Å². The molecule has 0 radical (unpaired) electrons. The molecule has 1 aromatic heterocycles. The minimum absolute atomic E-state index is 0.522. The molecule has 7 heteroatoms. The van der Waals surface area contributed by atoms with Crippen molar-refractivity contribution in [3.63, 3.8) is 0 Å². The summed E-state index contributed by atoms with van der Waals surface area (Å²) in [4.78, 5) is 8.14. The molecule has 1 heterocycles. The lowest BCUT2D eigenvalue weighted by Gasteiger charge is -2.10. The van der Waals surface area contributed by atoms with Crippen molar-refractivity contribution < 1.29 is 13.2 Å². The average molecular weight is 310 g/mol. The van der Waals surface area contributed by atoms with Gasteiger partial charge in [0, 0.05) is 18.3 Å². The number of anilines is 3. The van der Waals surface area contributed by atoms with Crippen molar-refractivity contribution in [1.82, 2.24) is 9.97 Å². The van der Waals surface area contributed by atoms with Gasteiger partial charge in [-0.1, -0.05) is 13.3 Å². The topological polar surface area (TPSA) is 49.8 Å². The standard InChI is InChI=1S/C15H17F3N4/c1-2-3-8-19-13-9-14(21-10-20-13)22-12-6-4-11(5-7-12)15(16,17)18/h4-7,9-10H,2-3,8H2,1H3,(H2,19,20,21,22). The first kappa shape index (κ1) is 16.1. The second-order valence-corrected chi connectivity index (χ2v) is 4.77. The highest BCUT2D eigenvalue weighted by atomic mass is 19.4. The monoisotopic (exact) mass is 310 g/mol. The molecule has 2 rings (SSSR count). The van der Waals surface area contributed by atoms with Crippen LogP contribution in [0.25, 0.3) is 0 Å². The van der Waals surface area contributed by atoms with Crippen molar-refractivity contribution in [3.8, 4) is 0 Å². The molecule has 0 saturated heterocycles. The fraction of sp³-hybridized carbons (Fsp3) is 0.333. The minimum atomic E-state index is -4.33. The molecular weight excluding hydrogens is 293 g/mol. The van der Waals surface area contributed by atoms with E-state index >= 15 is 0 Å². The van der Waals surface area contributed by atoms with Gasteiger partial charge in [0.15, 0.2) is 0 Å². The molecule has 2 aromatic rings. The summed E-state index contributed by atoms with van der Waals surface area (Å²) in [7, 11) is 0. The van der Waals surface area contributed by atoms with Crippen molar-refractivity contribution in [1.29, 1.82) is 0 Å². The molecule has 4 nitrogen and oxygen atoms in total. The summed E-state index contributed by atoms with van der Waals surface area (Å²) in [5.74, 6) is 1.20. The molecule has 0 aliphatic carbocycles. The summed E-state index contributed by atoms with van der Waals surface area (Å²) < 4.78 is 37.5. The number of hydrogen-bond acceptors (Lipinski definition) is 4. The summed E-state index contributed by atoms with van der Waals surface area (Å²) in [5, 5.41) is 6.12. The summed E-state index contributed by atoms with van der Waals surface area (Å²) in [5.41, 5.74) is -0.145. The second kappa shape index (κ2) is 7.11. The van der Waals surface area contributed by atoms with Crippen LogP contribution in [0.5, 0.6) is 0 Å². The van der Waals surface area contributed by atoms with Crippen LogP contribution in [0.15, 0.2) is 36.7 Å². The smallest absolute Gasteiger partial charge is 0.370 e. The maximum Gasteiger partial charge on any atom is 0.416 e. The van der Waals surface area contributed by atoms with E-state index in [0.29, 0.717) is 17.3 Å². The number of alkyl halides is 3. The summed E-state index contributed by atoms with van der Waals surface area (Å²) in [6.45, 7) is 2.91. The molecule has 22 heavy (non-hydrogen) atoms. The first-order chi connectivity index (χ1) is 10.5. The van der Waals surface area contributed by atoms with E-state index in [1.807, 2.05) is 0 Å². The normalized spacial score (nSPS) is 11.3. The highest BCUT2D eigenvalue weighted by Crippen LogP contribution is 2.30. The highest BCUT2D eigenvalue weighted by Gasteiger charge is 2.29. The Kier molecular flexibility index (Phi) is 5.19. The molecule has 1 aromatic carbocycles. The van der Waals surface area contributed by atoms with E-state index in [0.717, 1.165) is 31.5 Å². The summed E-state index contributed by atoms with van der Waals surface area (Å²) in [6.07, 6.45) is -0.815. The molecule has 0 aliphatic rings. The number of hydrogen-bond donors (Lipinski definition) is 2. The van der Waals surface area contributed by atoms with Gasteiger partial charge in [-0.2, -0.15) is 13.2 Å². The Morgan fingerprint density at radius 1 is 1.05 bits per heavy atom. The summed E-state index contributed by atoms with van der Waals surface area (Å²) >= 11 is 0. The van der Waals surface area contributed by atoms with Crippen LogP contribution in [0.2, 0.25) is 0 Å². The SMILES string of the molecule is CCCCNc1cc(Nc2ccc(C(F)(F)F)cc2)ncn1. The molecule has 0 fully saturated rings. The molecule has 2 N–H and O–H groups in total. The zero-order chi connectivity index (χ0) is 16.0. The first-order valence-electron chi connectivity index (χ1n) is 6.99. The van der Waals surface area contributed by atoms with Crippen LogP contribution in [-0.4, -0.2) is 16.5 Å². The number of rotatable bonds is 6. The van der Waals surface area contributed by atoms with Crippen LogP contribution in [0.3, 0.4) is 0 Å². The van der Waals surface area contributed by atoms with E-state index in [1.54, 1.807) is 6.07 Å². The van der Waals surface area contributed by atoms with Crippen molar-refractivity contribution in [2.75, 3.05) is 17.2 Å². The maximum absolute atomic E-state index is 12.5. The zero-order valence-corrected chi connectivity index (χ0v) is 12.1. The quantitative estimate of drug-likeness (QED) is 0.774. The van der Waals surface area contributed by atoms with Gasteiger partial charge in [-0.05, 0) is 30.7 Å². The lowest BCUT2D eigenvalue weighted by Crippen LogP contribution is -2.05. The molecule has 0 unspecified atom stereocenters. The minimum Gasteiger partial charge on any atom is -0.370 e. The Hall–Kier alpha value is -2.31. The van der Waals surface area contributed by atoms with Gasteiger partial charge in [0.25, 0.3) is 0 Å². The van der Waals surface area contributed by atoms with Crippen LogP contribution >= 0.6 is 0 Å². The largest absolute Gasteiger partial charge is 0.416 e. The van der Waals surface area contributed by atoms with Gasteiger partial charge in [-0.15, -0.1) is 0 Å². The van der Waals surface area contributed by atoms with E-state index in [2.05, 4.69) is 27.5 Å². The molecular formula is C15H17F3N4. The molecule has 0 saturated carbocycles. The van der Waals surface area contributed by atoms with E-state index in [-0.39, 0.29) is 0 Å². The highest BCUT2D eigenvalue weighted by molar-refractivity contribution is 5.59. The second-order valence-electron chi connectivity index (χ2n) is 4.77. The average Bonchev–Trinajstić information content (AvgIpc) is 2.48. The predicted octanol–water partition coefficient (Wildman–Crippen LogP) is 4.45.